The number of nitrogens with zero attached hydrogens (tertiary/aromatic N) is 1. The van der Waals surface area contributed by atoms with E-state index >= 15 is 0 Å². The van der Waals surface area contributed by atoms with E-state index in [0.29, 0.717) is 11.6 Å². The molecule has 1 saturated carbocycles. The summed E-state index contributed by atoms with van der Waals surface area (Å²) in [5, 5.41) is 3.00. The summed E-state index contributed by atoms with van der Waals surface area (Å²) in [4.78, 5) is 4.93. The zero-order valence-corrected chi connectivity index (χ0v) is 16.3. The first-order valence-corrected chi connectivity index (χ1v) is 11.1. The van der Waals surface area contributed by atoms with Gasteiger partial charge in [-0.05, 0) is 56.1 Å². The molecule has 0 unspecified atom stereocenters. The van der Waals surface area contributed by atoms with E-state index in [0.717, 1.165) is 5.69 Å². The number of aromatic nitrogens is 1. The molecule has 3 aromatic rings. The predicted molar refractivity (Wildman–Crippen MR) is 113 cm³/mol. The standard InChI is InChI=1S/C24H26NP/c1-19-11-10-17-23(25-19)22-16-8-9-18-24(22)26(20-12-4-2-5-13-20)21-14-6-3-7-15-21/h2-7,10-15,17,22,24H,8-9,16,18H2,1H3/t22-,24+/m0/s1. The smallest absolute Gasteiger partial charge is 0.0444 e. The van der Waals surface area contributed by atoms with Crippen molar-refractivity contribution in [2.75, 3.05) is 0 Å². The third kappa shape index (κ3) is 3.74. The maximum Gasteiger partial charge on any atom is 0.0444 e. The number of hydrogen-bond donors (Lipinski definition) is 0. The van der Waals surface area contributed by atoms with Gasteiger partial charge in [-0.15, -0.1) is 0 Å². The van der Waals surface area contributed by atoms with E-state index in [1.807, 2.05) is 0 Å². The molecule has 0 N–H and O–H groups in total. The Bertz CT molecular complexity index is 792. The van der Waals surface area contributed by atoms with E-state index < -0.39 is 0 Å². The van der Waals surface area contributed by atoms with Gasteiger partial charge in [0.25, 0.3) is 0 Å². The van der Waals surface area contributed by atoms with Gasteiger partial charge in [0.05, 0.1) is 0 Å². The molecule has 2 atom stereocenters. The van der Waals surface area contributed by atoms with Crippen LogP contribution in [-0.2, 0) is 0 Å². The molecule has 2 aromatic carbocycles. The van der Waals surface area contributed by atoms with E-state index in [1.165, 1.54) is 42.0 Å². The molecular weight excluding hydrogens is 333 g/mol. The Balaban J connectivity index is 1.78. The second-order valence-corrected chi connectivity index (χ2v) is 9.64. The molecule has 26 heavy (non-hydrogen) atoms. The van der Waals surface area contributed by atoms with Crippen molar-refractivity contribution in [3.05, 3.63) is 90.3 Å². The highest BCUT2D eigenvalue weighted by Gasteiger charge is 2.35. The highest BCUT2D eigenvalue weighted by atomic mass is 31.1. The Morgan fingerprint density at radius 2 is 1.35 bits per heavy atom. The van der Waals surface area contributed by atoms with Gasteiger partial charge in [-0.3, -0.25) is 4.98 Å². The van der Waals surface area contributed by atoms with E-state index in [1.54, 1.807) is 0 Å². The van der Waals surface area contributed by atoms with Gasteiger partial charge in [0, 0.05) is 17.3 Å². The molecule has 0 aliphatic heterocycles. The normalized spacial score (nSPS) is 20.2. The summed E-state index contributed by atoms with van der Waals surface area (Å²) in [7, 11) is -0.382. The van der Waals surface area contributed by atoms with Crippen LogP contribution >= 0.6 is 7.92 Å². The molecule has 0 saturated heterocycles. The second kappa shape index (κ2) is 8.14. The summed E-state index contributed by atoms with van der Waals surface area (Å²) >= 11 is 0. The van der Waals surface area contributed by atoms with Crippen LogP contribution in [0.4, 0.5) is 0 Å². The lowest BCUT2D eigenvalue weighted by atomic mass is 9.86. The van der Waals surface area contributed by atoms with E-state index in [2.05, 4.69) is 85.8 Å². The molecule has 1 aliphatic carbocycles. The van der Waals surface area contributed by atoms with Gasteiger partial charge >= 0.3 is 0 Å². The third-order valence-corrected chi connectivity index (χ3v) is 8.41. The van der Waals surface area contributed by atoms with Crippen LogP contribution in [0.3, 0.4) is 0 Å². The summed E-state index contributed by atoms with van der Waals surface area (Å²) in [5.74, 6) is 0.565. The molecule has 4 rings (SSSR count). The van der Waals surface area contributed by atoms with Crippen LogP contribution in [0.5, 0.6) is 0 Å². The fourth-order valence-electron chi connectivity index (χ4n) is 4.25. The molecule has 1 aromatic heterocycles. The van der Waals surface area contributed by atoms with Crippen LogP contribution in [0.15, 0.2) is 78.9 Å². The number of aryl methyl sites for hydroxylation is 1. The van der Waals surface area contributed by atoms with Crippen LogP contribution < -0.4 is 10.6 Å². The minimum absolute atomic E-state index is 0.382. The first-order valence-electron chi connectivity index (χ1n) is 9.66. The van der Waals surface area contributed by atoms with Crippen molar-refractivity contribution in [3.8, 4) is 0 Å². The Labute approximate surface area is 158 Å². The molecule has 2 heteroatoms. The Kier molecular flexibility index (Phi) is 5.46. The molecule has 1 fully saturated rings. The van der Waals surface area contributed by atoms with Crippen molar-refractivity contribution >= 4 is 18.5 Å². The Morgan fingerprint density at radius 3 is 1.96 bits per heavy atom. The number of pyridine rings is 1. The molecule has 1 aliphatic rings. The predicted octanol–water partition coefficient (Wildman–Crippen LogP) is 5.55. The minimum Gasteiger partial charge on any atom is -0.258 e. The van der Waals surface area contributed by atoms with Crippen molar-refractivity contribution in [2.24, 2.45) is 0 Å². The first kappa shape index (κ1) is 17.4. The van der Waals surface area contributed by atoms with Crippen LogP contribution in [0.2, 0.25) is 0 Å². The summed E-state index contributed by atoms with van der Waals surface area (Å²) in [5.41, 5.74) is 3.10. The summed E-state index contributed by atoms with van der Waals surface area (Å²) in [6.45, 7) is 2.11. The van der Waals surface area contributed by atoms with Crippen molar-refractivity contribution < 1.29 is 0 Å². The quantitative estimate of drug-likeness (QED) is 0.557. The van der Waals surface area contributed by atoms with E-state index in [-0.39, 0.29) is 7.92 Å². The second-order valence-electron chi connectivity index (χ2n) is 7.20. The van der Waals surface area contributed by atoms with Gasteiger partial charge in [-0.25, -0.2) is 0 Å². The molecule has 132 valence electrons. The first-order chi connectivity index (χ1) is 12.8. The number of benzene rings is 2. The van der Waals surface area contributed by atoms with Gasteiger partial charge < -0.3 is 0 Å². The maximum absolute atomic E-state index is 4.93. The van der Waals surface area contributed by atoms with Gasteiger partial charge in [0.1, 0.15) is 0 Å². The van der Waals surface area contributed by atoms with Gasteiger partial charge in [-0.1, -0.05) is 79.6 Å². The van der Waals surface area contributed by atoms with Crippen molar-refractivity contribution in [3.63, 3.8) is 0 Å². The largest absolute Gasteiger partial charge is 0.258 e. The lowest BCUT2D eigenvalue weighted by Gasteiger charge is -2.38. The zero-order valence-electron chi connectivity index (χ0n) is 15.4. The van der Waals surface area contributed by atoms with Crippen LogP contribution in [0.1, 0.15) is 43.0 Å². The molecule has 1 nitrogen and oxygen atoms in total. The number of rotatable bonds is 4. The van der Waals surface area contributed by atoms with Gasteiger partial charge in [0.2, 0.25) is 0 Å². The van der Waals surface area contributed by atoms with Crippen LogP contribution in [0, 0.1) is 6.92 Å². The van der Waals surface area contributed by atoms with E-state index in [4.69, 9.17) is 4.98 Å². The minimum atomic E-state index is -0.382. The lowest BCUT2D eigenvalue weighted by Crippen LogP contribution is -2.30. The Hall–Kier alpha value is -1.98. The average molecular weight is 359 g/mol. The topological polar surface area (TPSA) is 12.9 Å². The average Bonchev–Trinajstić information content (AvgIpc) is 2.70. The highest BCUT2D eigenvalue weighted by Crippen LogP contribution is 2.51. The van der Waals surface area contributed by atoms with Crippen molar-refractivity contribution in [1.82, 2.24) is 4.98 Å². The summed E-state index contributed by atoms with van der Waals surface area (Å²) in [6.07, 6.45) is 5.23. The molecule has 1 heterocycles. The number of hydrogen-bond acceptors (Lipinski definition) is 1. The Morgan fingerprint density at radius 1 is 0.731 bits per heavy atom. The molecule has 0 radical (unpaired) electrons. The van der Waals surface area contributed by atoms with Crippen molar-refractivity contribution in [1.29, 1.82) is 0 Å². The third-order valence-electron chi connectivity index (χ3n) is 5.42. The van der Waals surface area contributed by atoms with Gasteiger partial charge in [0.15, 0.2) is 0 Å². The van der Waals surface area contributed by atoms with Crippen molar-refractivity contribution in [2.45, 2.75) is 44.2 Å². The maximum atomic E-state index is 4.93. The molecule has 0 amide bonds. The molecular formula is C24H26NP. The lowest BCUT2D eigenvalue weighted by molar-refractivity contribution is 0.445. The van der Waals surface area contributed by atoms with E-state index in [9.17, 15) is 0 Å². The summed E-state index contributed by atoms with van der Waals surface area (Å²) < 4.78 is 0. The molecule has 0 bridgehead atoms. The summed E-state index contributed by atoms with van der Waals surface area (Å²) in [6, 6.07) is 28.9. The zero-order chi connectivity index (χ0) is 17.8. The highest BCUT2D eigenvalue weighted by molar-refractivity contribution is 7.73. The fraction of sp³-hybridized carbons (Fsp3) is 0.292. The fourth-order valence-corrected chi connectivity index (χ4v) is 7.40. The van der Waals surface area contributed by atoms with Crippen LogP contribution in [0.25, 0.3) is 0 Å². The van der Waals surface area contributed by atoms with Crippen LogP contribution in [-0.4, -0.2) is 10.6 Å². The monoisotopic (exact) mass is 359 g/mol. The molecule has 0 spiro atoms. The SMILES string of the molecule is Cc1cccc([C@@H]2CCCC[C@H]2P(c2ccccc2)c2ccccc2)n1. The van der Waals surface area contributed by atoms with Gasteiger partial charge in [-0.2, -0.15) is 0 Å².